The van der Waals surface area contributed by atoms with E-state index < -0.39 is 11.6 Å². The van der Waals surface area contributed by atoms with Gasteiger partial charge in [-0.15, -0.1) is 11.8 Å². The number of benzene rings is 1. The Labute approximate surface area is 104 Å². The Bertz CT molecular complexity index is 316. The molecule has 0 aromatic heterocycles. The molecule has 0 aliphatic heterocycles. The first-order valence-corrected chi connectivity index (χ1v) is 7.53. The molecule has 0 bridgehead atoms. The fraction of sp³-hybridized carbons (Fsp3) is 0.500. The van der Waals surface area contributed by atoms with Gasteiger partial charge in [-0.25, -0.2) is 8.78 Å². The summed E-state index contributed by atoms with van der Waals surface area (Å²) in [5.74, 6) is 1.79. The Kier molecular flexibility index (Phi) is 6.88. The summed E-state index contributed by atoms with van der Waals surface area (Å²) < 4.78 is 25.5. The van der Waals surface area contributed by atoms with Crippen LogP contribution in [0.5, 0.6) is 0 Å². The van der Waals surface area contributed by atoms with E-state index in [1.165, 1.54) is 24.3 Å². The van der Waals surface area contributed by atoms with E-state index in [1.54, 1.807) is 17.8 Å². The molecule has 0 aliphatic carbocycles. The molecule has 90 valence electrons. The second kappa shape index (κ2) is 7.96. The minimum absolute atomic E-state index is 0.758. The van der Waals surface area contributed by atoms with Gasteiger partial charge in [0.15, 0.2) is 11.6 Å². The molecule has 0 heterocycles. The maximum absolute atomic E-state index is 12.9. The second-order valence-electron chi connectivity index (χ2n) is 3.33. The van der Waals surface area contributed by atoms with Crippen LogP contribution in [-0.4, -0.2) is 17.3 Å². The smallest absolute Gasteiger partial charge is 0.159 e. The summed E-state index contributed by atoms with van der Waals surface area (Å²) in [4.78, 5) is 0.807. The van der Waals surface area contributed by atoms with E-state index in [0.29, 0.717) is 0 Å². The number of halogens is 2. The molecule has 0 aliphatic rings. The van der Waals surface area contributed by atoms with Crippen LogP contribution in [0.1, 0.15) is 19.8 Å². The molecule has 0 fully saturated rings. The summed E-state index contributed by atoms with van der Waals surface area (Å²) in [6.45, 7) is 2.15. The lowest BCUT2D eigenvalue weighted by Gasteiger charge is -2.02. The molecule has 0 saturated carbocycles. The summed E-state index contributed by atoms with van der Waals surface area (Å²) in [6.07, 6.45) is 2.31. The summed E-state index contributed by atoms with van der Waals surface area (Å²) >= 11 is 3.53. The fourth-order valence-electron chi connectivity index (χ4n) is 1.21. The first-order valence-electron chi connectivity index (χ1n) is 5.39. The van der Waals surface area contributed by atoms with E-state index in [0.717, 1.165) is 22.8 Å². The third-order valence-electron chi connectivity index (χ3n) is 2.05. The SMILES string of the molecule is CCSCCCCSc1ccc(F)c(F)c1. The van der Waals surface area contributed by atoms with E-state index in [9.17, 15) is 8.78 Å². The molecule has 4 heteroatoms. The lowest BCUT2D eigenvalue weighted by molar-refractivity contribution is 0.506. The van der Waals surface area contributed by atoms with E-state index in [1.807, 2.05) is 11.8 Å². The zero-order valence-corrected chi connectivity index (χ0v) is 11.0. The van der Waals surface area contributed by atoms with Crippen molar-refractivity contribution in [2.45, 2.75) is 24.7 Å². The number of thioether (sulfide) groups is 2. The topological polar surface area (TPSA) is 0 Å². The van der Waals surface area contributed by atoms with Crippen molar-refractivity contribution in [3.05, 3.63) is 29.8 Å². The monoisotopic (exact) mass is 262 g/mol. The van der Waals surface area contributed by atoms with Gasteiger partial charge in [-0.2, -0.15) is 11.8 Å². The van der Waals surface area contributed by atoms with Gasteiger partial charge in [0, 0.05) is 4.90 Å². The van der Waals surface area contributed by atoms with Gasteiger partial charge >= 0.3 is 0 Å². The first kappa shape index (κ1) is 13.8. The number of unbranched alkanes of at least 4 members (excludes halogenated alkanes) is 1. The lowest BCUT2D eigenvalue weighted by Crippen LogP contribution is -1.87. The summed E-state index contributed by atoms with van der Waals surface area (Å²) in [7, 11) is 0. The zero-order valence-electron chi connectivity index (χ0n) is 9.34. The molecule has 1 aromatic carbocycles. The largest absolute Gasteiger partial charge is 0.204 e. The normalized spacial score (nSPS) is 10.7. The maximum atomic E-state index is 12.9. The van der Waals surface area contributed by atoms with E-state index in [2.05, 4.69) is 6.92 Å². The number of hydrogen-bond donors (Lipinski definition) is 0. The highest BCUT2D eigenvalue weighted by atomic mass is 32.2. The van der Waals surface area contributed by atoms with Gasteiger partial charge in [-0.3, -0.25) is 0 Å². The third kappa shape index (κ3) is 5.21. The highest BCUT2D eigenvalue weighted by molar-refractivity contribution is 7.99. The van der Waals surface area contributed by atoms with Gasteiger partial charge in [0.2, 0.25) is 0 Å². The Morgan fingerprint density at radius 1 is 1.06 bits per heavy atom. The molecule has 16 heavy (non-hydrogen) atoms. The van der Waals surface area contributed by atoms with Gasteiger partial charge in [-0.05, 0) is 48.3 Å². The van der Waals surface area contributed by atoms with E-state index >= 15 is 0 Å². The van der Waals surface area contributed by atoms with Crippen LogP contribution in [0, 0.1) is 11.6 Å². The van der Waals surface area contributed by atoms with Crippen molar-refractivity contribution in [3.8, 4) is 0 Å². The average molecular weight is 262 g/mol. The van der Waals surface area contributed by atoms with Gasteiger partial charge in [-0.1, -0.05) is 6.92 Å². The van der Waals surface area contributed by atoms with Crippen molar-refractivity contribution >= 4 is 23.5 Å². The average Bonchev–Trinajstić information content (AvgIpc) is 2.28. The van der Waals surface area contributed by atoms with Gasteiger partial charge in [0.1, 0.15) is 0 Å². The Morgan fingerprint density at radius 3 is 2.50 bits per heavy atom. The molecule has 0 atom stereocenters. The minimum atomic E-state index is -0.774. The molecule has 0 radical (unpaired) electrons. The predicted octanol–water partition coefficient (Wildman–Crippen LogP) is 4.59. The molecular weight excluding hydrogens is 246 g/mol. The van der Waals surface area contributed by atoms with Crippen molar-refractivity contribution in [2.75, 3.05) is 17.3 Å². The third-order valence-corrected chi connectivity index (χ3v) is 4.11. The standard InChI is InChI=1S/C12H16F2S2/c1-2-15-7-3-4-8-16-10-5-6-11(13)12(14)9-10/h5-6,9H,2-4,7-8H2,1H3. The van der Waals surface area contributed by atoms with E-state index in [-0.39, 0.29) is 0 Å². The van der Waals surface area contributed by atoms with Gasteiger partial charge in [0.05, 0.1) is 0 Å². The molecule has 0 saturated heterocycles. The van der Waals surface area contributed by atoms with Crippen LogP contribution in [0.4, 0.5) is 8.78 Å². The quantitative estimate of drug-likeness (QED) is 0.520. The minimum Gasteiger partial charge on any atom is -0.204 e. The van der Waals surface area contributed by atoms with Gasteiger partial charge in [0.25, 0.3) is 0 Å². The van der Waals surface area contributed by atoms with Crippen molar-refractivity contribution < 1.29 is 8.78 Å². The molecule has 0 N–H and O–H groups in total. The number of rotatable bonds is 7. The predicted molar refractivity (Wildman–Crippen MR) is 69.3 cm³/mol. The lowest BCUT2D eigenvalue weighted by atomic mass is 10.3. The van der Waals surface area contributed by atoms with Crippen LogP contribution in [0.15, 0.2) is 23.1 Å². The maximum Gasteiger partial charge on any atom is 0.159 e. The highest BCUT2D eigenvalue weighted by Gasteiger charge is 2.02. The Balaban J connectivity index is 2.19. The molecule has 0 nitrogen and oxygen atoms in total. The Morgan fingerprint density at radius 2 is 1.81 bits per heavy atom. The van der Waals surface area contributed by atoms with Crippen LogP contribution in [0.25, 0.3) is 0 Å². The van der Waals surface area contributed by atoms with Crippen LogP contribution in [0.2, 0.25) is 0 Å². The number of hydrogen-bond acceptors (Lipinski definition) is 2. The second-order valence-corrected chi connectivity index (χ2v) is 5.89. The molecule has 0 amide bonds. The highest BCUT2D eigenvalue weighted by Crippen LogP contribution is 2.21. The van der Waals surface area contributed by atoms with E-state index in [4.69, 9.17) is 0 Å². The molecule has 0 unspecified atom stereocenters. The first-order chi connectivity index (χ1) is 7.74. The summed E-state index contributed by atoms with van der Waals surface area (Å²) in [6, 6.07) is 4.08. The Hall–Kier alpha value is -0.220. The molecule has 1 rings (SSSR count). The molecule has 1 aromatic rings. The van der Waals surface area contributed by atoms with Gasteiger partial charge < -0.3 is 0 Å². The fourth-order valence-corrected chi connectivity index (χ4v) is 2.84. The summed E-state index contributed by atoms with van der Waals surface area (Å²) in [5.41, 5.74) is 0. The zero-order chi connectivity index (χ0) is 11.8. The van der Waals surface area contributed by atoms with Crippen LogP contribution in [-0.2, 0) is 0 Å². The van der Waals surface area contributed by atoms with Crippen molar-refractivity contribution in [1.29, 1.82) is 0 Å². The van der Waals surface area contributed by atoms with Crippen molar-refractivity contribution in [1.82, 2.24) is 0 Å². The van der Waals surface area contributed by atoms with Crippen LogP contribution in [0.3, 0.4) is 0 Å². The van der Waals surface area contributed by atoms with Crippen LogP contribution >= 0.6 is 23.5 Å². The molecule has 0 spiro atoms. The summed E-state index contributed by atoms with van der Waals surface area (Å²) in [5, 5.41) is 0. The van der Waals surface area contributed by atoms with Crippen molar-refractivity contribution in [2.24, 2.45) is 0 Å². The van der Waals surface area contributed by atoms with Crippen molar-refractivity contribution in [3.63, 3.8) is 0 Å². The molecular formula is C12H16F2S2. The van der Waals surface area contributed by atoms with Crippen LogP contribution < -0.4 is 0 Å².